The van der Waals surface area contributed by atoms with Crippen molar-refractivity contribution >= 4 is 10.0 Å². The summed E-state index contributed by atoms with van der Waals surface area (Å²) in [6.07, 6.45) is 3.09. The highest BCUT2D eigenvalue weighted by Gasteiger charge is 2.26. The molecule has 1 heterocycles. The van der Waals surface area contributed by atoms with Crippen LogP contribution in [0, 0.1) is 6.92 Å². The molecule has 3 rings (SSSR count). The highest BCUT2D eigenvalue weighted by molar-refractivity contribution is 7.89. The monoisotopic (exact) mass is 356 g/mol. The van der Waals surface area contributed by atoms with Crippen LogP contribution in [0.3, 0.4) is 0 Å². The van der Waals surface area contributed by atoms with Gasteiger partial charge in [0.25, 0.3) is 0 Å². The van der Waals surface area contributed by atoms with Gasteiger partial charge in [0.2, 0.25) is 10.0 Å². The van der Waals surface area contributed by atoms with Crippen molar-refractivity contribution in [2.45, 2.75) is 24.8 Å². The van der Waals surface area contributed by atoms with Crippen LogP contribution in [-0.2, 0) is 10.0 Å². The quantitative estimate of drug-likeness (QED) is 0.705. The van der Waals surface area contributed by atoms with E-state index in [0.29, 0.717) is 4.90 Å². The molecule has 0 radical (unpaired) electrons. The number of benzene rings is 2. The third-order valence-corrected chi connectivity index (χ3v) is 6.24. The van der Waals surface area contributed by atoms with Crippen molar-refractivity contribution in [3.05, 3.63) is 72.3 Å². The smallest absolute Gasteiger partial charge is 0.223 e. The second kappa shape index (κ2) is 6.78. The average Bonchev–Trinajstić information content (AvgIpc) is 3.15. The molecule has 6 nitrogen and oxygen atoms in total. The Morgan fingerprint density at radius 1 is 1.04 bits per heavy atom. The van der Waals surface area contributed by atoms with E-state index in [-0.39, 0.29) is 6.04 Å². The van der Waals surface area contributed by atoms with E-state index in [1.807, 2.05) is 38.1 Å². The number of rotatable bonds is 5. The summed E-state index contributed by atoms with van der Waals surface area (Å²) in [5.74, 6) is 0. The average molecular weight is 356 g/mol. The summed E-state index contributed by atoms with van der Waals surface area (Å²) in [5.41, 5.74) is 2.80. The van der Waals surface area contributed by atoms with Gasteiger partial charge in [-0.1, -0.05) is 29.8 Å². The number of hydrogen-bond donors (Lipinski definition) is 0. The first-order chi connectivity index (χ1) is 11.9. The van der Waals surface area contributed by atoms with Crippen molar-refractivity contribution < 1.29 is 8.42 Å². The summed E-state index contributed by atoms with van der Waals surface area (Å²) in [6.45, 7) is 3.80. The third-order valence-electron chi connectivity index (χ3n) is 4.30. The lowest BCUT2D eigenvalue weighted by atomic mass is 10.1. The fourth-order valence-electron chi connectivity index (χ4n) is 2.54. The second-order valence-electron chi connectivity index (χ2n) is 5.94. The molecular weight excluding hydrogens is 336 g/mol. The molecule has 2 aromatic carbocycles. The summed E-state index contributed by atoms with van der Waals surface area (Å²) < 4.78 is 28.7. The van der Waals surface area contributed by atoms with Gasteiger partial charge >= 0.3 is 0 Å². The van der Waals surface area contributed by atoms with Crippen LogP contribution in [0.25, 0.3) is 5.69 Å². The molecule has 130 valence electrons. The maximum absolute atomic E-state index is 12.8. The van der Waals surface area contributed by atoms with E-state index >= 15 is 0 Å². The molecule has 25 heavy (non-hydrogen) atoms. The van der Waals surface area contributed by atoms with Crippen LogP contribution in [0.4, 0.5) is 0 Å². The van der Waals surface area contributed by atoms with Gasteiger partial charge in [0.1, 0.15) is 12.7 Å². The molecular formula is C18H20N4O2S. The molecule has 7 heteroatoms. The first-order valence-corrected chi connectivity index (χ1v) is 9.33. The van der Waals surface area contributed by atoms with Gasteiger partial charge in [0, 0.05) is 13.1 Å². The minimum Gasteiger partial charge on any atom is -0.223 e. The van der Waals surface area contributed by atoms with E-state index in [4.69, 9.17) is 0 Å². The van der Waals surface area contributed by atoms with Gasteiger partial charge in [-0.25, -0.2) is 18.1 Å². The highest BCUT2D eigenvalue weighted by atomic mass is 32.2. The Balaban J connectivity index is 1.84. The fraction of sp³-hybridized carbons (Fsp3) is 0.222. The van der Waals surface area contributed by atoms with Gasteiger partial charge in [0.05, 0.1) is 10.6 Å². The van der Waals surface area contributed by atoms with Crippen LogP contribution in [0.15, 0.2) is 66.1 Å². The van der Waals surface area contributed by atoms with E-state index < -0.39 is 10.0 Å². The molecule has 0 bridgehead atoms. The fourth-order valence-corrected chi connectivity index (χ4v) is 3.89. The lowest BCUT2D eigenvalue weighted by Gasteiger charge is -2.25. The maximum atomic E-state index is 12.8. The first kappa shape index (κ1) is 17.3. The van der Waals surface area contributed by atoms with Crippen molar-refractivity contribution in [2.75, 3.05) is 7.05 Å². The van der Waals surface area contributed by atoms with Crippen molar-refractivity contribution in [3.8, 4) is 5.69 Å². The SMILES string of the molecule is Cc1ccc(S(=O)(=O)N(C)[C@H](C)c2ccc(-n3cncn3)cc2)cc1. The summed E-state index contributed by atoms with van der Waals surface area (Å²) in [7, 11) is -1.95. The van der Waals surface area contributed by atoms with E-state index in [9.17, 15) is 8.42 Å². The molecule has 0 unspecified atom stereocenters. The second-order valence-corrected chi connectivity index (χ2v) is 7.94. The molecule has 0 fully saturated rings. The lowest BCUT2D eigenvalue weighted by Crippen LogP contribution is -2.29. The number of aromatic nitrogens is 3. The van der Waals surface area contributed by atoms with Crippen LogP contribution in [-0.4, -0.2) is 34.5 Å². The Kier molecular flexibility index (Phi) is 4.69. The summed E-state index contributed by atoms with van der Waals surface area (Å²) in [6, 6.07) is 14.2. The molecule has 0 aliphatic rings. The highest BCUT2D eigenvalue weighted by Crippen LogP contribution is 2.26. The zero-order valence-electron chi connectivity index (χ0n) is 14.4. The van der Waals surface area contributed by atoms with Crippen LogP contribution < -0.4 is 0 Å². The van der Waals surface area contributed by atoms with E-state index in [1.165, 1.54) is 10.6 Å². The number of hydrogen-bond acceptors (Lipinski definition) is 4. The van der Waals surface area contributed by atoms with Crippen molar-refractivity contribution in [1.82, 2.24) is 19.1 Å². The van der Waals surface area contributed by atoms with Gasteiger partial charge in [-0.2, -0.15) is 9.40 Å². The molecule has 0 spiro atoms. The number of aryl methyl sites for hydroxylation is 1. The van der Waals surface area contributed by atoms with Crippen LogP contribution >= 0.6 is 0 Å². The largest absolute Gasteiger partial charge is 0.243 e. The van der Waals surface area contributed by atoms with E-state index in [0.717, 1.165) is 16.8 Å². The Hall–Kier alpha value is -2.51. The molecule has 3 aromatic rings. The van der Waals surface area contributed by atoms with Crippen molar-refractivity contribution in [3.63, 3.8) is 0 Å². The van der Waals surface area contributed by atoms with Crippen molar-refractivity contribution in [2.24, 2.45) is 0 Å². The van der Waals surface area contributed by atoms with Crippen molar-refractivity contribution in [1.29, 1.82) is 0 Å². The third kappa shape index (κ3) is 3.47. The molecule has 0 amide bonds. The van der Waals surface area contributed by atoms with Crippen LogP contribution in [0.1, 0.15) is 24.1 Å². The van der Waals surface area contributed by atoms with Gasteiger partial charge in [-0.15, -0.1) is 0 Å². The summed E-state index contributed by atoms with van der Waals surface area (Å²) in [4.78, 5) is 4.22. The van der Waals surface area contributed by atoms with Crippen LogP contribution in [0.5, 0.6) is 0 Å². The zero-order chi connectivity index (χ0) is 18.0. The molecule has 0 saturated carbocycles. The van der Waals surface area contributed by atoms with Gasteiger partial charge in [0.15, 0.2) is 0 Å². The molecule has 0 saturated heterocycles. The zero-order valence-corrected chi connectivity index (χ0v) is 15.2. The molecule has 0 N–H and O–H groups in total. The Morgan fingerprint density at radius 2 is 1.68 bits per heavy atom. The molecule has 1 atom stereocenters. The topological polar surface area (TPSA) is 68.1 Å². The van der Waals surface area contributed by atoms with Gasteiger partial charge < -0.3 is 0 Å². The standard InChI is InChI=1S/C18H20N4O2S/c1-14-4-10-18(11-5-14)25(23,24)21(3)15(2)16-6-8-17(9-7-16)22-13-19-12-20-22/h4-13,15H,1-3H3/t15-/m1/s1. The Bertz CT molecular complexity index is 934. The normalized spacial score (nSPS) is 13.1. The van der Waals surface area contributed by atoms with Gasteiger partial charge in [-0.3, -0.25) is 0 Å². The van der Waals surface area contributed by atoms with E-state index in [2.05, 4.69) is 10.1 Å². The van der Waals surface area contributed by atoms with E-state index in [1.54, 1.807) is 42.3 Å². The molecule has 0 aliphatic carbocycles. The molecule has 1 aromatic heterocycles. The Morgan fingerprint density at radius 3 is 2.24 bits per heavy atom. The lowest BCUT2D eigenvalue weighted by molar-refractivity contribution is 0.398. The minimum absolute atomic E-state index is 0.295. The first-order valence-electron chi connectivity index (χ1n) is 7.89. The minimum atomic E-state index is -3.55. The Labute approximate surface area is 147 Å². The predicted molar refractivity (Wildman–Crippen MR) is 95.9 cm³/mol. The summed E-state index contributed by atoms with van der Waals surface area (Å²) in [5, 5.41) is 4.08. The number of nitrogens with zero attached hydrogens (tertiary/aromatic N) is 4. The van der Waals surface area contributed by atoms with Crippen LogP contribution in [0.2, 0.25) is 0 Å². The maximum Gasteiger partial charge on any atom is 0.243 e. The van der Waals surface area contributed by atoms with Gasteiger partial charge in [-0.05, 0) is 43.7 Å². The number of sulfonamides is 1. The predicted octanol–water partition coefficient (Wildman–Crippen LogP) is 2.96. The summed E-state index contributed by atoms with van der Waals surface area (Å²) >= 11 is 0. The molecule has 0 aliphatic heterocycles.